The van der Waals surface area contributed by atoms with Crippen LogP contribution in [0.2, 0.25) is 0 Å². The molecule has 0 saturated carbocycles. The maximum absolute atomic E-state index is 12.2. The molecule has 0 fully saturated rings. The smallest absolute Gasteiger partial charge is 0.244 e. The number of amides is 2. The summed E-state index contributed by atoms with van der Waals surface area (Å²) in [6, 6.07) is 7.03. The van der Waals surface area contributed by atoms with E-state index in [9.17, 15) is 9.59 Å². The topological polar surface area (TPSA) is 61.4 Å². The highest BCUT2D eigenvalue weighted by Crippen LogP contribution is 2.16. The maximum Gasteiger partial charge on any atom is 0.244 e. The fourth-order valence-corrected chi connectivity index (χ4v) is 2.01. The van der Waals surface area contributed by atoms with Crippen molar-refractivity contribution in [3.8, 4) is 0 Å². The Bertz CT molecular complexity index is 470. The Labute approximate surface area is 120 Å². The quantitative estimate of drug-likeness (QED) is 0.839. The third-order valence-electron chi connectivity index (χ3n) is 3.01. The fraction of sp³-hybridized carbons (Fsp3) is 0.467. The van der Waals surface area contributed by atoms with Crippen molar-refractivity contribution in [1.29, 1.82) is 0 Å². The Morgan fingerprint density at radius 3 is 2.35 bits per heavy atom. The van der Waals surface area contributed by atoms with Crippen LogP contribution < -0.4 is 10.6 Å². The predicted octanol–water partition coefficient (Wildman–Crippen LogP) is 2.31. The molecule has 2 amide bonds. The zero-order valence-corrected chi connectivity index (χ0v) is 12.6. The van der Waals surface area contributed by atoms with Gasteiger partial charge in [-0.2, -0.15) is 0 Å². The molecule has 0 radical (unpaired) electrons. The van der Waals surface area contributed by atoms with Crippen LogP contribution in [0.4, 0.5) is 11.4 Å². The Balaban J connectivity index is 2.72. The first-order valence-corrected chi connectivity index (χ1v) is 6.90. The number of likely N-dealkylation sites (N-methyl/N-ethyl adjacent to an activating group) is 1. The average Bonchev–Trinajstić information content (AvgIpc) is 2.39. The first kappa shape index (κ1) is 16.0. The molecule has 20 heavy (non-hydrogen) atoms. The SMILES string of the molecule is CCN(CC)C(=O)C(C)Nc1cccc(NC(C)=O)c1. The molecule has 0 aromatic heterocycles. The van der Waals surface area contributed by atoms with Crippen LogP contribution in [0.1, 0.15) is 27.7 Å². The molecule has 110 valence electrons. The monoisotopic (exact) mass is 277 g/mol. The molecule has 5 heteroatoms. The molecule has 1 aromatic carbocycles. The summed E-state index contributed by atoms with van der Waals surface area (Å²) >= 11 is 0. The zero-order valence-electron chi connectivity index (χ0n) is 12.6. The Hall–Kier alpha value is -2.04. The van der Waals surface area contributed by atoms with Crippen molar-refractivity contribution in [3.05, 3.63) is 24.3 Å². The highest BCUT2D eigenvalue weighted by Gasteiger charge is 2.17. The maximum atomic E-state index is 12.2. The zero-order chi connectivity index (χ0) is 15.1. The summed E-state index contributed by atoms with van der Waals surface area (Å²) in [6.45, 7) is 8.63. The number of benzene rings is 1. The summed E-state index contributed by atoms with van der Waals surface area (Å²) in [5, 5.41) is 5.88. The van der Waals surface area contributed by atoms with Gasteiger partial charge in [0.2, 0.25) is 11.8 Å². The van der Waals surface area contributed by atoms with Gasteiger partial charge in [0.25, 0.3) is 0 Å². The van der Waals surface area contributed by atoms with Crippen LogP contribution in [0.3, 0.4) is 0 Å². The molecule has 2 N–H and O–H groups in total. The number of carbonyl (C=O) groups excluding carboxylic acids is 2. The number of anilines is 2. The van der Waals surface area contributed by atoms with Crippen LogP contribution >= 0.6 is 0 Å². The number of carbonyl (C=O) groups is 2. The summed E-state index contributed by atoms with van der Waals surface area (Å²) in [6.07, 6.45) is 0. The van der Waals surface area contributed by atoms with E-state index in [4.69, 9.17) is 0 Å². The van der Waals surface area contributed by atoms with Gasteiger partial charge in [-0.15, -0.1) is 0 Å². The lowest BCUT2D eigenvalue weighted by Gasteiger charge is -2.24. The van der Waals surface area contributed by atoms with Crippen LogP contribution in [0.15, 0.2) is 24.3 Å². The summed E-state index contributed by atoms with van der Waals surface area (Å²) < 4.78 is 0. The molecule has 0 aliphatic carbocycles. The number of nitrogens with one attached hydrogen (secondary N) is 2. The van der Waals surface area contributed by atoms with E-state index in [1.807, 2.05) is 45.0 Å². The average molecular weight is 277 g/mol. The van der Waals surface area contributed by atoms with Crippen molar-refractivity contribution in [3.63, 3.8) is 0 Å². The highest BCUT2D eigenvalue weighted by atomic mass is 16.2. The van der Waals surface area contributed by atoms with E-state index >= 15 is 0 Å². The van der Waals surface area contributed by atoms with E-state index in [1.54, 1.807) is 4.90 Å². The lowest BCUT2D eigenvalue weighted by molar-refractivity contribution is -0.131. The molecule has 1 rings (SSSR count). The van der Waals surface area contributed by atoms with Crippen LogP contribution in [0.25, 0.3) is 0 Å². The molecule has 1 aromatic rings. The van der Waals surface area contributed by atoms with Crippen LogP contribution in [0, 0.1) is 0 Å². The van der Waals surface area contributed by atoms with Gasteiger partial charge in [-0.3, -0.25) is 9.59 Å². The van der Waals surface area contributed by atoms with Gasteiger partial charge < -0.3 is 15.5 Å². The van der Waals surface area contributed by atoms with Crippen LogP contribution in [-0.4, -0.2) is 35.8 Å². The van der Waals surface area contributed by atoms with Crippen molar-refractivity contribution in [1.82, 2.24) is 4.90 Å². The first-order chi connectivity index (χ1) is 9.47. The second kappa shape index (κ2) is 7.53. The lowest BCUT2D eigenvalue weighted by Crippen LogP contribution is -2.41. The predicted molar refractivity (Wildman–Crippen MR) is 81.8 cm³/mol. The first-order valence-electron chi connectivity index (χ1n) is 6.90. The molecule has 5 nitrogen and oxygen atoms in total. The highest BCUT2D eigenvalue weighted by molar-refractivity contribution is 5.89. The summed E-state index contributed by atoms with van der Waals surface area (Å²) in [5.74, 6) is -0.0469. The molecular formula is C15H23N3O2. The number of nitrogens with zero attached hydrogens (tertiary/aromatic N) is 1. The Morgan fingerprint density at radius 2 is 1.80 bits per heavy atom. The minimum atomic E-state index is -0.303. The van der Waals surface area contributed by atoms with Gasteiger partial charge in [0.1, 0.15) is 6.04 Å². The summed E-state index contributed by atoms with van der Waals surface area (Å²) in [7, 11) is 0. The second-order valence-corrected chi connectivity index (χ2v) is 4.64. The molecule has 0 spiro atoms. The molecule has 0 aliphatic heterocycles. The van der Waals surface area contributed by atoms with E-state index in [0.717, 1.165) is 5.69 Å². The summed E-state index contributed by atoms with van der Waals surface area (Å²) in [4.78, 5) is 25.0. The molecular weight excluding hydrogens is 254 g/mol. The van der Waals surface area contributed by atoms with Gasteiger partial charge in [-0.25, -0.2) is 0 Å². The van der Waals surface area contributed by atoms with Crippen molar-refractivity contribution in [2.45, 2.75) is 33.7 Å². The standard InChI is InChI=1S/C15H23N3O2/c1-5-18(6-2)15(20)11(3)16-13-8-7-9-14(10-13)17-12(4)19/h7-11,16H,5-6H2,1-4H3,(H,17,19). The molecule has 0 saturated heterocycles. The van der Waals surface area contributed by atoms with E-state index in [0.29, 0.717) is 18.8 Å². The minimum absolute atomic E-state index is 0.0694. The number of rotatable bonds is 6. The number of hydrogen-bond acceptors (Lipinski definition) is 3. The van der Waals surface area contributed by atoms with E-state index in [2.05, 4.69) is 10.6 Å². The molecule has 0 bridgehead atoms. The van der Waals surface area contributed by atoms with Gasteiger partial charge in [0.15, 0.2) is 0 Å². The largest absolute Gasteiger partial charge is 0.374 e. The summed E-state index contributed by atoms with van der Waals surface area (Å²) in [5.41, 5.74) is 1.52. The van der Waals surface area contributed by atoms with Crippen LogP contribution in [0.5, 0.6) is 0 Å². The van der Waals surface area contributed by atoms with Gasteiger partial charge >= 0.3 is 0 Å². The Kier molecular flexibility index (Phi) is 6.03. The van der Waals surface area contributed by atoms with Gasteiger partial charge in [-0.1, -0.05) is 6.07 Å². The lowest BCUT2D eigenvalue weighted by atomic mass is 10.2. The molecule has 0 heterocycles. The van der Waals surface area contributed by atoms with E-state index in [-0.39, 0.29) is 17.9 Å². The number of hydrogen-bond donors (Lipinski definition) is 2. The third kappa shape index (κ3) is 4.57. The van der Waals surface area contributed by atoms with Crippen LogP contribution in [-0.2, 0) is 9.59 Å². The molecule has 1 atom stereocenters. The van der Waals surface area contributed by atoms with E-state index in [1.165, 1.54) is 6.92 Å². The van der Waals surface area contributed by atoms with Crippen molar-refractivity contribution in [2.24, 2.45) is 0 Å². The Morgan fingerprint density at radius 1 is 1.20 bits per heavy atom. The van der Waals surface area contributed by atoms with E-state index < -0.39 is 0 Å². The van der Waals surface area contributed by atoms with Gasteiger partial charge in [0, 0.05) is 31.4 Å². The normalized spacial score (nSPS) is 11.6. The third-order valence-corrected chi connectivity index (χ3v) is 3.01. The molecule has 1 unspecified atom stereocenters. The fourth-order valence-electron chi connectivity index (χ4n) is 2.01. The van der Waals surface area contributed by atoms with Gasteiger partial charge in [-0.05, 0) is 39.0 Å². The van der Waals surface area contributed by atoms with Crippen molar-refractivity contribution in [2.75, 3.05) is 23.7 Å². The van der Waals surface area contributed by atoms with Gasteiger partial charge in [0.05, 0.1) is 0 Å². The molecule has 0 aliphatic rings. The second-order valence-electron chi connectivity index (χ2n) is 4.64. The van der Waals surface area contributed by atoms with Crippen molar-refractivity contribution >= 4 is 23.2 Å². The van der Waals surface area contributed by atoms with Crippen molar-refractivity contribution < 1.29 is 9.59 Å². The minimum Gasteiger partial charge on any atom is -0.374 e.